The highest BCUT2D eigenvalue weighted by molar-refractivity contribution is 7.89. The average molecular weight is 457 g/mol. The first-order valence-corrected chi connectivity index (χ1v) is 12.9. The Bertz CT molecular complexity index is 1030. The van der Waals surface area contributed by atoms with Crippen molar-refractivity contribution in [1.29, 1.82) is 0 Å². The van der Waals surface area contributed by atoms with Gasteiger partial charge in [-0.15, -0.1) is 0 Å². The second-order valence-corrected chi connectivity index (χ2v) is 10.2. The van der Waals surface area contributed by atoms with Crippen molar-refractivity contribution in [2.75, 3.05) is 55.6 Å². The van der Waals surface area contributed by atoms with Gasteiger partial charge in [0.05, 0.1) is 4.90 Å². The number of benzene rings is 2. The molecule has 2 aliphatic heterocycles. The monoisotopic (exact) mass is 456 g/mol. The lowest BCUT2D eigenvalue weighted by atomic mass is 10.0. The number of para-hydroxylation sites is 1. The number of carbonyl (C=O) groups is 1. The van der Waals surface area contributed by atoms with E-state index < -0.39 is 10.0 Å². The minimum Gasteiger partial charge on any atom is -0.369 e. The van der Waals surface area contributed by atoms with Crippen LogP contribution in [0, 0.1) is 0 Å². The van der Waals surface area contributed by atoms with E-state index >= 15 is 0 Å². The molecule has 2 aromatic carbocycles. The molecule has 172 valence electrons. The molecule has 0 radical (unpaired) electrons. The molecule has 1 fully saturated rings. The van der Waals surface area contributed by atoms with Crippen molar-refractivity contribution in [2.45, 2.75) is 31.1 Å². The molecule has 32 heavy (non-hydrogen) atoms. The summed E-state index contributed by atoms with van der Waals surface area (Å²) in [6.07, 6.45) is 2.41. The van der Waals surface area contributed by atoms with E-state index in [9.17, 15) is 13.2 Å². The number of carbonyl (C=O) groups excluding carboxylic acids is 1. The number of nitrogens with zero attached hydrogens (tertiary/aromatic N) is 3. The van der Waals surface area contributed by atoms with Gasteiger partial charge in [0, 0.05) is 57.6 Å². The number of aryl methyl sites for hydroxylation is 1. The number of fused-ring (bicyclic) bond motifs is 1. The largest absolute Gasteiger partial charge is 0.369 e. The van der Waals surface area contributed by atoms with Gasteiger partial charge in [0.25, 0.3) is 0 Å². The van der Waals surface area contributed by atoms with E-state index in [1.165, 1.54) is 5.69 Å². The van der Waals surface area contributed by atoms with E-state index in [1.807, 2.05) is 6.07 Å². The molecule has 7 nitrogen and oxygen atoms in total. The van der Waals surface area contributed by atoms with Gasteiger partial charge < -0.3 is 9.80 Å². The maximum atomic E-state index is 12.8. The summed E-state index contributed by atoms with van der Waals surface area (Å²) in [5, 5.41) is 0. The summed E-state index contributed by atoms with van der Waals surface area (Å²) < 4.78 is 28.3. The summed E-state index contributed by atoms with van der Waals surface area (Å²) in [7, 11) is -3.56. The third-order valence-corrected chi connectivity index (χ3v) is 7.76. The maximum absolute atomic E-state index is 12.8. The zero-order valence-corrected chi connectivity index (χ0v) is 19.5. The van der Waals surface area contributed by atoms with Crippen molar-refractivity contribution in [1.82, 2.24) is 9.62 Å². The summed E-state index contributed by atoms with van der Waals surface area (Å²) in [5.41, 5.74) is 3.01. The summed E-state index contributed by atoms with van der Waals surface area (Å²) in [6, 6.07) is 15.5. The van der Waals surface area contributed by atoms with E-state index in [0.29, 0.717) is 13.1 Å². The van der Waals surface area contributed by atoms with Crippen LogP contribution < -0.4 is 14.5 Å². The van der Waals surface area contributed by atoms with Crippen molar-refractivity contribution in [3.8, 4) is 0 Å². The van der Waals surface area contributed by atoms with Gasteiger partial charge in [-0.25, -0.2) is 13.1 Å². The highest BCUT2D eigenvalue weighted by atomic mass is 32.2. The quantitative estimate of drug-likeness (QED) is 0.648. The van der Waals surface area contributed by atoms with Gasteiger partial charge >= 0.3 is 0 Å². The summed E-state index contributed by atoms with van der Waals surface area (Å²) in [6.45, 7) is 7.47. The molecule has 1 amide bonds. The second kappa shape index (κ2) is 10.0. The second-order valence-electron chi connectivity index (χ2n) is 8.48. The zero-order chi connectivity index (χ0) is 22.6. The van der Waals surface area contributed by atoms with Gasteiger partial charge in [-0.2, -0.15) is 0 Å². The van der Waals surface area contributed by atoms with Crippen molar-refractivity contribution >= 4 is 27.3 Å². The third kappa shape index (κ3) is 5.31. The predicted octanol–water partition coefficient (Wildman–Crippen LogP) is 2.48. The van der Waals surface area contributed by atoms with Gasteiger partial charge in [-0.1, -0.05) is 18.2 Å². The molecule has 1 saturated heterocycles. The number of hydrogen-bond donors (Lipinski definition) is 1. The molecule has 1 N–H and O–H groups in total. The molecule has 0 aromatic heterocycles. The Hall–Kier alpha value is -2.42. The molecule has 0 spiro atoms. The predicted molar refractivity (Wildman–Crippen MR) is 128 cm³/mol. The summed E-state index contributed by atoms with van der Waals surface area (Å²) >= 11 is 0. The number of piperazine rings is 1. The van der Waals surface area contributed by atoms with Crippen LogP contribution in [0.4, 0.5) is 11.4 Å². The van der Waals surface area contributed by atoms with E-state index in [-0.39, 0.29) is 10.8 Å². The summed E-state index contributed by atoms with van der Waals surface area (Å²) in [5.74, 6) is -0.00992. The normalized spacial score (nSPS) is 17.3. The maximum Gasteiger partial charge on any atom is 0.240 e. The van der Waals surface area contributed by atoms with Gasteiger partial charge in [-0.3, -0.25) is 9.69 Å². The molecule has 0 atom stereocenters. The molecule has 8 heteroatoms. The molecule has 2 heterocycles. The molecule has 4 rings (SSSR count). The fraction of sp³-hybridized carbons (Fsp3) is 0.458. The number of hydrogen-bond acceptors (Lipinski definition) is 5. The number of amides is 1. The fourth-order valence-electron chi connectivity index (χ4n) is 4.53. The molecule has 2 aliphatic rings. The summed E-state index contributed by atoms with van der Waals surface area (Å²) in [4.78, 5) is 18.6. The zero-order valence-electron chi connectivity index (χ0n) is 18.7. The highest BCUT2D eigenvalue weighted by Gasteiger charge is 2.23. The molecular formula is C24H32N4O3S. The van der Waals surface area contributed by atoms with Crippen LogP contribution >= 0.6 is 0 Å². The smallest absolute Gasteiger partial charge is 0.240 e. The number of nitrogens with one attached hydrogen (secondary N) is 1. The lowest BCUT2D eigenvalue weighted by Crippen LogP contribution is -2.47. The van der Waals surface area contributed by atoms with E-state index in [1.54, 1.807) is 30.0 Å². The Morgan fingerprint density at radius 3 is 2.47 bits per heavy atom. The van der Waals surface area contributed by atoms with E-state index in [4.69, 9.17) is 0 Å². The van der Waals surface area contributed by atoms with Gasteiger partial charge in [0.1, 0.15) is 0 Å². The van der Waals surface area contributed by atoms with E-state index in [0.717, 1.165) is 63.2 Å². The van der Waals surface area contributed by atoms with Crippen LogP contribution in [0.1, 0.15) is 25.3 Å². The first-order chi connectivity index (χ1) is 15.4. The van der Waals surface area contributed by atoms with Crippen LogP contribution in [0.2, 0.25) is 0 Å². The van der Waals surface area contributed by atoms with Crippen molar-refractivity contribution in [2.24, 2.45) is 0 Å². The Labute approximate surface area is 191 Å². The standard InChI is InChI=1S/C24H32N4O3S/c1-20(29)28-14-5-7-21-19-23(10-11-24(21)28)32(30,31)25-12-6-13-26-15-17-27(18-16-26)22-8-3-2-4-9-22/h2-4,8-11,19,25H,5-7,12-18H2,1H3. The Morgan fingerprint density at radius 1 is 1.00 bits per heavy atom. The molecule has 0 aliphatic carbocycles. The van der Waals surface area contributed by atoms with Crippen molar-refractivity contribution < 1.29 is 13.2 Å². The Kier molecular flexibility index (Phi) is 7.13. The van der Waals surface area contributed by atoms with Crippen LogP contribution in [-0.4, -0.2) is 65.0 Å². The molecular weight excluding hydrogens is 424 g/mol. The average Bonchev–Trinajstić information content (AvgIpc) is 2.82. The lowest BCUT2D eigenvalue weighted by molar-refractivity contribution is -0.116. The highest BCUT2D eigenvalue weighted by Crippen LogP contribution is 2.29. The van der Waals surface area contributed by atoms with Gasteiger partial charge in [0.15, 0.2) is 0 Å². The van der Waals surface area contributed by atoms with Gasteiger partial charge in [0.2, 0.25) is 15.9 Å². The topological polar surface area (TPSA) is 73.0 Å². The molecule has 0 unspecified atom stereocenters. The number of rotatable bonds is 7. The van der Waals surface area contributed by atoms with E-state index in [2.05, 4.69) is 38.8 Å². The van der Waals surface area contributed by atoms with Crippen LogP contribution in [0.5, 0.6) is 0 Å². The SMILES string of the molecule is CC(=O)N1CCCc2cc(S(=O)(=O)NCCCN3CCN(c4ccccc4)CC3)ccc21. The van der Waals surface area contributed by atoms with Crippen LogP contribution in [-0.2, 0) is 21.2 Å². The Morgan fingerprint density at radius 2 is 1.75 bits per heavy atom. The van der Waals surface area contributed by atoms with Crippen molar-refractivity contribution in [3.63, 3.8) is 0 Å². The minimum atomic E-state index is -3.56. The molecule has 2 aromatic rings. The first-order valence-electron chi connectivity index (χ1n) is 11.4. The van der Waals surface area contributed by atoms with Crippen LogP contribution in [0.25, 0.3) is 0 Å². The van der Waals surface area contributed by atoms with Crippen LogP contribution in [0.3, 0.4) is 0 Å². The minimum absolute atomic E-state index is 0.00992. The van der Waals surface area contributed by atoms with Gasteiger partial charge in [-0.05, 0) is 61.7 Å². The number of anilines is 2. The van der Waals surface area contributed by atoms with Crippen LogP contribution in [0.15, 0.2) is 53.4 Å². The molecule has 0 saturated carbocycles. The molecule has 0 bridgehead atoms. The fourth-order valence-corrected chi connectivity index (χ4v) is 5.65. The Balaban J connectivity index is 1.25. The lowest BCUT2D eigenvalue weighted by Gasteiger charge is -2.36. The first kappa shape index (κ1) is 22.8. The number of sulfonamides is 1. The van der Waals surface area contributed by atoms with Crippen molar-refractivity contribution in [3.05, 3.63) is 54.1 Å². The third-order valence-electron chi connectivity index (χ3n) is 6.30.